The van der Waals surface area contributed by atoms with E-state index in [9.17, 15) is 18.0 Å². The largest absolute Gasteiger partial charge is 0.497 e. The highest BCUT2D eigenvalue weighted by atomic mass is 35.5. The third-order valence-corrected chi connectivity index (χ3v) is 6.20. The van der Waals surface area contributed by atoms with Crippen molar-refractivity contribution < 1.29 is 22.7 Å². The SMILES string of the molecule is COc1ccc([C@H]2CC(=O)C3=C(C2)Nc2nc(C(F)(F)F)nn2[C@H]3c2ccc(Cl)cc2)cc1. The van der Waals surface area contributed by atoms with E-state index in [0.29, 0.717) is 34.0 Å². The first-order valence-electron chi connectivity index (χ1n) is 10.2. The maximum atomic E-state index is 13.4. The lowest BCUT2D eigenvalue weighted by atomic mass is 9.78. The average Bonchev–Trinajstić information content (AvgIpc) is 3.23. The normalized spacial score (nSPS) is 20.2. The van der Waals surface area contributed by atoms with Crippen LogP contribution in [0, 0.1) is 0 Å². The number of halogens is 4. The second kappa shape index (κ2) is 7.91. The smallest absolute Gasteiger partial charge is 0.453 e. The van der Waals surface area contributed by atoms with Gasteiger partial charge < -0.3 is 10.1 Å². The summed E-state index contributed by atoms with van der Waals surface area (Å²) in [7, 11) is 1.57. The van der Waals surface area contributed by atoms with Crippen LogP contribution in [0.5, 0.6) is 5.75 Å². The number of fused-ring (bicyclic) bond motifs is 1. The zero-order valence-electron chi connectivity index (χ0n) is 17.4. The van der Waals surface area contributed by atoms with E-state index >= 15 is 0 Å². The minimum atomic E-state index is -4.72. The standard InChI is InChI=1S/C23H18ClF3N4O2/c1-33-16-8-4-12(5-9-16)14-10-17-19(18(32)11-14)20(13-2-6-15(24)7-3-13)31-22(28-17)29-21(30-31)23(25,26)27/h2-9,14,20H,10-11H2,1H3,(H,28,29,30)/t14-,20+/m1/s1. The molecular weight excluding hydrogens is 457 g/mol. The number of alkyl halides is 3. The van der Waals surface area contributed by atoms with Crippen molar-refractivity contribution in [1.29, 1.82) is 0 Å². The van der Waals surface area contributed by atoms with Gasteiger partial charge in [0.1, 0.15) is 11.8 Å². The van der Waals surface area contributed by atoms with Crippen LogP contribution in [-0.4, -0.2) is 27.7 Å². The summed E-state index contributed by atoms with van der Waals surface area (Å²) < 4.78 is 46.5. The summed E-state index contributed by atoms with van der Waals surface area (Å²) in [6, 6.07) is 13.2. The zero-order valence-corrected chi connectivity index (χ0v) is 18.1. The van der Waals surface area contributed by atoms with Crippen molar-refractivity contribution in [3.05, 3.63) is 81.8 Å². The molecule has 1 aliphatic carbocycles. The van der Waals surface area contributed by atoms with Crippen LogP contribution in [-0.2, 0) is 11.0 Å². The molecule has 0 spiro atoms. The molecule has 2 heterocycles. The molecule has 0 saturated heterocycles. The first-order chi connectivity index (χ1) is 15.7. The molecule has 3 aromatic rings. The minimum Gasteiger partial charge on any atom is -0.497 e. The second-order valence-corrected chi connectivity index (χ2v) is 8.41. The molecule has 0 amide bonds. The van der Waals surface area contributed by atoms with Crippen molar-refractivity contribution >= 4 is 23.3 Å². The highest BCUT2D eigenvalue weighted by Crippen LogP contribution is 2.45. The van der Waals surface area contributed by atoms with E-state index in [4.69, 9.17) is 16.3 Å². The summed E-state index contributed by atoms with van der Waals surface area (Å²) >= 11 is 6.01. The van der Waals surface area contributed by atoms with Crippen molar-refractivity contribution in [2.45, 2.75) is 31.0 Å². The maximum Gasteiger partial charge on any atom is 0.453 e. The van der Waals surface area contributed by atoms with E-state index in [-0.39, 0.29) is 24.1 Å². The van der Waals surface area contributed by atoms with Crippen molar-refractivity contribution in [3.8, 4) is 5.75 Å². The number of rotatable bonds is 3. The number of Topliss-reactive ketones (excluding diaryl/α,β-unsaturated/α-hetero) is 1. The third-order valence-electron chi connectivity index (χ3n) is 5.95. The predicted molar refractivity (Wildman–Crippen MR) is 115 cm³/mol. The molecule has 1 aliphatic heterocycles. The lowest BCUT2D eigenvalue weighted by Gasteiger charge is -2.35. The molecule has 2 aromatic carbocycles. The van der Waals surface area contributed by atoms with Gasteiger partial charge in [0.15, 0.2) is 5.78 Å². The van der Waals surface area contributed by atoms with E-state index < -0.39 is 18.0 Å². The van der Waals surface area contributed by atoms with Gasteiger partial charge in [-0.25, -0.2) is 4.68 Å². The highest BCUT2D eigenvalue weighted by molar-refractivity contribution is 6.30. The molecule has 1 aromatic heterocycles. The van der Waals surface area contributed by atoms with Gasteiger partial charge in [0, 0.05) is 22.7 Å². The number of hydrogen-bond donors (Lipinski definition) is 1. The number of carbonyl (C=O) groups excluding carboxylic acids is 1. The first kappa shape index (κ1) is 21.5. The lowest BCUT2D eigenvalue weighted by molar-refractivity contribution is -0.145. The quantitative estimate of drug-likeness (QED) is 0.552. The molecule has 5 rings (SSSR count). The van der Waals surface area contributed by atoms with E-state index in [0.717, 1.165) is 10.2 Å². The van der Waals surface area contributed by atoms with E-state index in [1.165, 1.54) is 0 Å². The van der Waals surface area contributed by atoms with Crippen LogP contribution in [0.1, 0.15) is 41.8 Å². The van der Waals surface area contributed by atoms with Gasteiger partial charge in [-0.1, -0.05) is 35.9 Å². The Morgan fingerprint density at radius 1 is 1.06 bits per heavy atom. The molecule has 1 N–H and O–H groups in total. The van der Waals surface area contributed by atoms with Crippen molar-refractivity contribution in [1.82, 2.24) is 14.8 Å². The molecule has 2 aliphatic rings. The molecule has 0 bridgehead atoms. The fourth-order valence-electron chi connectivity index (χ4n) is 4.40. The molecule has 170 valence electrons. The van der Waals surface area contributed by atoms with Crippen LogP contribution in [0.15, 0.2) is 59.8 Å². The number of allylic oxidation sites excluding steroid dienone is 2. The van der Waals surface area contributed by atoms with Gasteiger partial charge in [0.2, 0.25) is 5.95 Å². The Bertz CT molecular complexity index is 1250. The number of anilines is 1. The molecular formula is C23H18ClF3N4O2. The van der Waals surface area contributed by atoms with E-state index in [2.05, 4.69) is 15.4 Å². The fraction of sp³-hybridized carbons (Fsp3) is 0.261. The Kier molecular flexibility index (Phi) is 5.16. The number of hydrogen-bond acceptors (Lipinski definition) is 5. The molecule has 0 unspecified atom stereocenters. The van der Waals surface area contributed by atoms with Crippen molar-refractivity contribution in [2.24, 2.45) is 0 Å². The number of aromatic nitrogens is 3. The maximum absolute atomic E-state index is 13.4. The number of ketones is 1. The topological polar surface area (TPSA) is 69.0 Å². The van der Waals surface area contributed by atoms with Crippen molar-refractivity contribution in [3.63, 3.8) is 0 Å². The van der Waals surface area contributed by atoms with Gasteiger partial charge in [0.25, 0.3) is 5.82 Å². The summed E-state index contributed by atoms with van der Waals surface area (Å²) in [6.45, 7) is 0. The average molecular weight is 475 g/mol. The number of benzene rings is 2. The second-order valence-electron chi connectivity index (χ2n) is 7.97. The first-order valence-corrected chi connectivity index (χ1v) is 10.6. The lowest BCUT2D eigenvalue weighted by Crippen LogP contribution is -2.33. The monoisotopic (exact) mass is 474 g/mol. The Hall–Kier alpha value is -3.33. The molecule has 2 atom stereocenters. The highest BCUT2D eigenvalue weighted by Gasteiger charge is 2.43. The molecule has 0 fully saturated rings. The Labute approximate surface area is 192 Å². The van der Waals surface area contributed by atoms with Gasteiger partial charge in [-0.2, -0.15) is 18.2 Å². The molecule has 33 heavy (non-hydrogen) atoms. The minimum absolute atomic E-state index is 0.0517. The van der Waals surface area contributed by atoms with Gasteiger partial charge >= 0.3 is 6.18 Å². The molecule has 10 heteroatoms. The number of nitrogens with one attached hydrogen (secondary N) is 1. The summed E-state index contributed by atoms with van der Waals surface area (Å²) in [5, 5.41) is 7.14. The molecule has 0 radical (unpaired) electrons. The Balaban J connectivity index is 1.59. The van der Waals surface area contributed by atoms with Crippen LogP contribution < -0.4 is 10.1 Å². The van der Waals surface area contributed by atoms with Crippen LogP contribution >= 0.6 is 11.6 Å². The number of ether oxygens (including phenoxy) is 1. The Morgan fingerprint density at radius 2 is 1.73 bits per heavy atom. The zero-order chi connectivity index (χ0) is 23.3. The van der Waals surface area contributed by atoms with Crippen molar-refractivity contribution in [2.75, 3.05) is 12.4 Å². The number of methoxy groups -OCH3 is 1. The molecule has 0 saturated carbocycles. The predicted octanol–water partition coefficient (Wildman–Crippen LogP) is 5.37. The van der Waals surface area contributed by atoms with Gasteiger partial charge in [0.05, 0.1) is 7.11 Å². The summed E-state index contributed by atoms with van der Waals surface area (Å²) in [6.07, 6.45) is -4.04. The van der Waals surface area contributed by atoms with Gasteiger partial charge in [-0.05, 0) is 47.7 Å². The Morgan fingerprint density at radius 3 is 2.36 bits per heavy atom. The van der Waals surface area contributed by atoms with Crippen LogP contribution in [0.2, 0.25) is 5.02 Å². The van der Waals surface area contributed by atoms with Gasteiger partial charge in [-0.3, -0.25) is 4.79 Å². The van der Waals surface area contributed by atoms with E-state index in [1.54, 1.807) is 31.4 Å². The van der Waals surface area contributed by atoms with E-state index in [1.807, 2.05) is 24.3 Å². The van der Waals surface area contributed by atoms with Gasteiger partial charge in [-0.15, -0.1) is 5.10 Å². The van der Waals surface area contributed by atoms with Crippen LogP contribution in [0.25, 0.3) is 0 Å². The summed E-state index contributed by atoms with van der Waals surface area (Å²) in [5.74, 6) is -0.893. The van der Waals surface area contributed by atoms with Crippen LogP contribution in [0.4, 0.5) is 19.1 Å². The third kappa shape index (κ3) is 3.86. The number of nitrogens with zero attached hydrogens (tertiary/aromatic N) is 3. The number of carbonyl (C=O) groups is 1. The molecule has 6 nitrogen and oxygen atoms in total. The summed E-state index contributed by atoms with van der Waals surface area (Å²) in [5.41, 5.74) is 2.50. The van der Waals surface area contributed by atoms with Crippen LogP contribution in [0.3, 0.4) is 0 Å². The fourth-order valence-corrected chi connectivity index (χ4v) is 4.52. The summed E-state index contributed by atoms with van der Waals surface area (Å²) in [4.78, 5) is 17.0.